The van der Waals surface area contributed by atoms with Crippen molar-refractivity contribution in [2.75, 3.05) is 0 Å². The van der Waals surface area contributed by atoms with Gasteiger partial charge in [0.15, 0.2) is 0 Å². The van der Waals surface area contributed by atoms with Gasteiger partial charge in [-0.05, 0) is 31.5 Å². The van der Waals surface area contributed by atoms with E-state index in [1.807, 2.05) is 4.46 Å². The molecule has 0 spiro atoms. The molecule has 0 bridgehead atoms. The maximum atomic E-state index is 4.67. The molecule has 0 saturated heterocycles. The molecule has 86 valence electrons. The first-order chi connectivity index (χ1) is 6.73. The van der Waals surface area contributed by atoms with Gasteiger partial charge in [-0.15, -0.1) is 0 Å². The highest BCUT2D eigenvalue weighted by molar-refractivity contribution is 6.73. The molecule has 0 radical (unpaired) electrons. The predicted octanol–water partition coefficient (Wildman–Crippen LogP) is 3.21. The highest BCUT2D eigenvalue weighted by Gasteiger charge is 2.24. The van der Waals surface area contributed by atoms with Gasteiger partial charge >= 0.3 is 0 Å². The molecule has 15 heavy (non-hydrogen) atoms. The molecule has 0 aliphatic rings. The van der Waals surface area contributed by atoms with Crippen molar-refractivity contribution >= 4 is 8.24 Å². The Balaban J connectivity index is 3.21. The van der Waals surface area contributed by atoms with Crippen molar-refractivity contribution in [2.24, 2.45) is 0 Å². The van der Waals surface area contributed by atoms with Crippen molar-refractivity contribution in [2.45, 2.75) is 59.2 Å². The predicted molar refractivity (Wildman–Crippen MR) is 66.9 cm³/mol. The lowest BCUT2D eigenvalue weighted by molar-refractivity contribution is 0.748. The van der Waals surface area contributed by atoms with E-state index in [0.717, 1.165) is 0 Å². The number of nitrogens with zero attached hydrogens (tertiary/aromatic N) is 3. The van der Waals surface area contributed by atoms with Gasteiger partial charge in [0.2, 0.25) is 8.24 Å². The summed E-state index contributed by atoms with van der Waals surface area (Å²) in [6.07, 6.45) is 0. The van der Waals surface area contributed by atoms with Gasteiger partial charge < -0.3 is 0 Å². The fraction of sp³-hybridized carbons (Fsp3) is 0.818. The van der Waals surface area contributed by atoms with Crippen LogP contribution in [0, 0.1) is 0 Å². The minimum atomic E-state index is -1.44. The van der Waals surface area contributed by atoms with Crippen LogP contribution in [0.1, 0.15) is 50.9 Å². The second-order valence-electron chi connectivity index (χ2n) is 5.74. The first-order valence-corrected chi connectivity index (χ1v) is 9.15. The number of aromatic nitrogens is 3. The zero-order valence-electron chi connectivity index (χ0n) is 11.0. The molecule has 0 fully saturated rings. The standard InChI is InChI=1S/C11H23N3Si/c1-8(2)10-11(9(3)4)13-14(12-10)15(5,6)7/h8-9H,1-7H3. The Kier molecular flexibility index (Phi) is 3.38. The first kappa shape index (κ1) is 12.4. The van der Waals surface area contributed by atoms with E-state index in [-0.39, 0.29) is 0 Å². The van der Waals surface area contributed by atoms with Gasteiger partial charge in [0.1, 0.15) is 0 Å². The lowest BCUT2D eigenvalue weighted by Gasteiger charge is -2.13. The Morgan fingerprint density at radius 3 is 1.40 bits per heavy atom. The van der Waals surface area contributed by atoms with Gasteiger partial charge in [-0.3, -0.25) is 0 Å². The molecule has 0 atom stereocenters. The van der Waals surface area contributed by atoms with Crippen molar-refractivity contribution in [1.82, 2.24) is 14.7 Å². The van der Waals surface area contributed by atoms with Crippen LogP contribution in [0.5, 0.6) is 0 Å². The second kappa shape index (κ2) is 4.08. The lowest BCUT2D eigenvalue weighted by atomic mass is 10.0. The molecule has 1 aromatic heterocycles. The van der Waals surface area contributed by atoms with Crippen LogP contribution < -0.4 is 0 Å². The summed E-state index contributed by atoms with van der Waals surface area (Å²) in [5.74, 6) is 0.931. The van der Waals surface area contributed by atoms with Gasteiger partial charge in [-0.1, -0.05) is 27.7 Å². The van der Waals surface area contributed by atoms with Crippen molar-refractivity contribution in [3.05, 3.63) is 11.4 Å². The number of hydrogen-bond donors (Lipinski definition) is 0. The van der Waals surface area contributed by atoms with E-state index in [0.29, 0.717) is 11.8 Å². The molecule has 0 N–H and O–H groups in total. The van der Waals surface area contributed by atoms with E-state index in [1.54, 1.807) is 0 Å². The molecule has 0 amide bonds. The summed E-state index contributed by atoms with van der Waals surface area (Å²) in [6.45, 7) is 15.5. The molecule has 0 aliphatic carbocycles. The SMILES string of the molecule is CC(C)c1nn([Si](C)(C)C)nc1C(C)C. The monoisotopic (exact) mass is 225 g/mol. The second-order valence-corrected chi connectivity index (χ2v) is 10.5. The van der Waals surface area contributed by atoms with Crippen LogP contribution in [0.15, 0.2) is 0 Å². The van der Waals surface area contributed by atoms with E-state index in [1.165, 1.54) is 11.4 Å². The Hall–Kier alpha value is -0.643. The Bertz CT molecular complexity index is 309. The maximum absolute atomic E-state index is 4.67. The van der Waals surface area contributed by atoms with E-state index < -0.39 is 8.24 Å². The molecule has 3 nitrogen and oxygen atoms in total. The van der Waals surface area contributed by atoms with Crippen LogP contribution >= 0.6 is 0 Å². The number of rotatable bonds is 3. The zero-order valence-corrected chi connectivity index (χ0v) is 12.0. The zero-order chi connectivity index (χ0) is 11.8. The summed E-state index contributed by atoms with van der Waals surface area (Å²) in [6, 6.07) is 0. The van der Waals surface area contributed by atoms with Gasteiger partial charge in [0.05, 0.1) is 11.4 Å². The summed E-state index contributed by atoms with van der Waals surface area (Å²) in [7, 11) is -1.44. The summed E-state index contributed by atoms with van der Waals surface area (Å²) < 4.78 is 1.98. The lowest BCUT2D eigenvalue weighted by Crippen LogP contribution is -2.34. The smallest absolute Gasteiger partial charge is 0.202 e. The van der Waals surface area contributed by atoms with Crippen LogP contribution in [-0.4, -0.2) is 22.9 Å². The van der Waals surface area contributed by atoms with E-state index in [4.69, 9.17) is 0 Å². The van der Waals surface area contributed by atoms with Gasteiger partial charge in [-0.25, -0.2) is 4.46 Å². The molecular weight excluding hydrogens is 202 g/mol. The Morgan fingerprint density at radius 1 is 0.867 bits per heavy atom. The van der Waals surface area contributed by atoms with Gasteiger partial charge in [0, 0.05) is 0 Å². The van der Waals surface area contributed by atoms with E-state index in [2.05, 4.69) is 57.5 Å². The van der Waals surface area contributed by atoms with Crippen LogP contribution in [0.25, 0.3) is 0 Å². The van der Waals surface area contributed by atoms with Crippen molar-refractivity contribution in [3.63, 3.8) is 0 Å². The molecule has 0 unspecified atom stereocenters. The molecule has 4 heteroatoms. The quantitative estimate of drug-likeness (QED) is 0.740. The maximum Gasteiger partial charge on any atom is 0.202 e. The Morgan fingerprint density at radius 2 is 1.20 bits per heavy atom. The molecule has 1 rings (SSSR count). The third kappa shape index (κ3) is 2.68. The van der Waals surface area contributed by atoms with Gasteiger partial charge in [-0.2, -0.15) is 10.2 Å². The molecule has 0 saturated carbocycles. The molecule has 1 aromatic rings. The minimum Gasteiger partial charge on any atom is -0.221 e. The minimum absolute atomic E-state index is 0.465. The van der Waals surface area contributed by atoms with Crippen LogP contribution in [0.3, 0.4) is 0 Å². The van der Waals surface area contributed by atoms with Crippen molar-refractivity contribution in [3.8, 4) is 0 Å². The molecular formula is C11H23N3Si. The highest BCUT2D eigenvalue weighted by atomic mass is 28.3. The van der Waals surface area contributed by atoms with Crippen LogP contribution in [0.4, 0.5) is 0 Å². The summed E-state index contributed by atoms with van der Waals surface area (Å²) in [5, 5.41) is 9.34. The average Bonchev–Trinajstić information content (AvgIpc) is 2.45. The molecule has 0 aromatic carbocycles. The summed E-state index contributed by atoms with van der Waals surface area (Å²) >= 11 is 0. The normalized spacial score (nSPS) is 12.9. The fourth-order valence-electron chi connectivity index (χ4n) is 1.45. The van der Waals surface area contributed by atoms with Gasteiger partial charge in [0.25, 0.3) is 0 Å². The summed E-state index contributed by atoms with van der Waals surface area (Å²) in [4.78, 5) is 0. The highest BCUT2D eigenvalue weighted by Crippen LogP contribution is 2.23. The van der Waals surface area contributed by atoms with Crippen molar-refractivity contribution in [1.29, 1.82) is 0 Å². The molecule has 1 heterocycles. The fourth-order valence-corrected chi connectivity index (χ4v) is 2.27. The summed E-state index contributed by atoms with van der Waals surface area (Å²) in [5.41, 5.74) is 2.35. The topological polar surface area (TPSA) is 30.7 Å². The number of hydrogen-bond acceptors (Lipinski definition) is 2. The van der Waals surface area contributed by atoms with Crippen molar-refractivity contribution < 1.29 is 0 Å². The third-order valence-corrected chi connectivity index (χ3v) is 3.76. The van der Waals surface area contributed by atoms with Crippen LogP contribution in [0.2, 0.25) is 19.6 Å². The Labute approximate surface area is 94.0 Å². The van der Waals surface area contributed by atoms with Crippen LogP contribution in [-0.2, 0) is 0 Å². The first-order valence-electron chi connectivity index (χ1n) is 5.71. The van der Waals surface area contributed by atoms with E-state index in [9.17, 15) is 0 Å². The average molecular weight is 225 g/mol. The van der Waals surface area contributed by atoms with E-state index >= 15 is 0 Å². The largest absolute Gasteiger partial charge is 0.221 e. The molecule has 0 aliphatic heterocycles. The third-order valence-electron chi connectivity index (χ3n) is 2.36.